The Morgan fingerprint density at radius 3 is 2.15 bits per heavy atom. The number of nitrogens with zero attached hydrogens (tertiary/aromatic N) is 9. The number of piperazine rings is 2. The molecule has 2 bridgehead atoms. The molecule has 266 valence electrons. The fourth-order valence-electron chi connectivity index (χ4n) is 7.90. The fourth-order valence-corrected chi connectivity index (χ4v) is 7.90. The number of hydrogen-bond acceptors (Lipinski definition) is 13. The number of hydrogen-bond donors (Lipinski definition) is 3. The van der Waals surface area contributed by atoms with Gasteiger partial charge in [0.15, 0.2) is 11.6 Å². The first-order chi connectivity index (χ1) is 25.1. The molecule has 52 heavy (non-hydrogen) atoms. The van der Waals surface area contributed by atoms with Crippen LogP contribution < -0.4 is 30.9 Å². The van der Waals surface area contributed by atoms with Crippen LogP contribution >= 0.6 is 0 Å². The SMILES string of the molecule is CC(=O)N1CCN(c2cc(-c3ccccc3Oc3ccc(N4CC5CC4CN5c4cc(-c5ccccc5O)nnc4N)nc3)nnc2N)CC1(C)C. The number of ether oxygens (including phenoxy) is 1. The zero-order valence-corrected chi connectivity index (χ0v) is 29.3. The molecule has 14 heteroatoms. The predicted molar refractivity (Wildman–Crippen MR) is 200 cm³/mol. The number of anilines is 5. The molecule has 8 rings (SSSR count). The molecule has 6 heterocycles. The van der Waals surface area contributed by atoms with Crippen molar-refractivity contribution in [3.63, 3.8) is 0 Å². The first kappa shape index (κ1) is 33.0. The summed E-state index contributed by atoms with van der Waals surface area (Å²) in [5, 5.41) is 27.6. The Balaban J connectivity index is 0.964. The Hall–Kier alpha value is -6.18. The number of rotatable bonds is 7. The van der Waals surface area contributed by atoms with Crippen molar-refractivity contribution >= 4 is 34.7 Å². The molecule has 0 saturated carbocycles. The van der Waals surface area contributed by atoms with Crippen LogP contribution in [0.4, 0.5) is 28.8 Å². The van der Waals surface area contributed by atoms with Crippen molar-refractivity contribution in [2.24, 2.45) is 0 Å². The normalized spacial score (nSPS) is 19.3. The standard InChI is InChI=1S/C38H41N11O3/c1-23(50)49-15-14-46(22-38(49,2)3)31-17-30(43-44-36(31)39)28-9-5-7-11-34(28)52-26-12-13-35(41-19-26)48-21-24-16-25(48)20-47(24)32-18-29(42-45-37(32)40)27-8-4-6-10-33(27)51/h4-13,17-19,24-25,51H,14-16,20-22H2,1-3H3,(H2,39,44)(H2,40,45). The first-order valence-electron chi connectivity index (χ1n) is 17.4. The van der Waals surface area contributed by atoms with Gasteiger partial charge in [-0.1, -0.05) is 24.3 Å². The summed E-state index contributed by atoms with van der Waals surface area (Å²) in [4.78, 5) is 25.7. The van der Waals surface area contributed by atoms with E-state index < -0.39 is 0 Å². The Bertz CT molecular complexity index is 2140. The molecule has 3 aliphatic heterocycles. The Morgan fingerprint density at radius 1 is 0.827 bits per heavy atom. The molecule has 0 radical (unpaired) electrons. The van der Waals surface area contributed by atoms with Crippen LogP contribution in [0.25, 0.3) is 22.5 Å². The summed E-state index contributed by atoms with van der Waals surface area (Å²) in [7, 11) is 0. The van der Waals surface area contributed by atoms with Crippen molar-refractivity contribution in [3.8, 4) is 39.8 Å². The molecule has 0 spiro atoms. The number of benzene rings is 2. The van der Waals surface area contributed by atoms with E-state index in [1.807, 2.05) is 65.6 Å². The summed E-state index contributed by atoms with van der Waals surface area (Å²) < 4.78 is 6.39. The highest BCUT2D eigenvalue weighted by Crippen LogP contribution is 2.41. The molecule has 3 fully saturated rings. The van der Waals surface area contributed by atoms with E-state index in [2.05, 4.69) is 48.9 Å². The average molecular weight is 700 g/mol. The number of amides is 1. The lowest BCUT2D eigenvalue weighted by Crippen LogP contribution is -2.60. The molecule has 5 aromatic rings. The van der Waals surface area contributed by atoms with Gasteiger partial charge in [0.2, 0.25) is 5.91 Å². The number of nitrogens with two attached hydrogens (primary N) is 2. The maximum atomic E-state index is 12.2. The zero-order chi connectivity index (χ0) is 36.1. The van der Waals surface area contributed by atoms with Crippen molar-refractivity contribution in [2.45, 2.75) is 44.8 Å². The number of carbonyl (C=O) groups is 1. The smallest absolute Gasteiger partial charge is 0.220 e. The van der Waals surface area contributed by atoms with E-state index in [1.165, 1.54) is 0 Å². The van der Waals surface area contributed by atoms with Gasteiger partial charge in [0.05, 0.1) is 40.5 Å². The van der Waals surface area contributed by atoms with Crippen LogP contribution in [0.3, 0.4) is 0 Å². The number of fused-ring (bicyclic) bond motifs is 2. The van der Waals surface area contributed by atoms with Gasteiger partial charge in [0, 0.05) is 56.8 Å². The van der Waals surface area contributed by atoms with Crippen molar-refractivity contribution in [3.05, 3.63) is 79.0 Å². The summed E-state index contributed by atoms with van der Waals surface area (Å²) in [5.41, 5.74) is 16.5. The van der Waals surface area contributed by atoms with Crippen LogP contribution in [0.15, 0.2) is 79.0 Å². The van der Waals surface area contributed by atoms with E-state index in [1.54, 1.807) is 25.3 Å². The predicted octanol–water partition coefficient (Wildman–Crippen LogP) is 4.57. The van der Waals surface area contributed by atoms with Gasteiger partial charge < -0.3 is 40.9 Å². The van der Waals surface area contributed by atoms with Gasteiger partial charge in [-0.05, 0) is 68.8 Å². The van der Waals surface area contributed by atoms with Crippen LogP contribution in [0.5, 0.6) is 17.2 Å². The van der Waals surface area contributed by atoms with Crippen molar-refractivity contribution < 1.29 is 14.6 Å². The number of para-hydroxylation sites is 2. The molecule has 3 saturated heterocycles. The topological polar surface area (TPSA) is 176 Å². The third-order valence-corrected chi connectivity index (χ3v) is 10.4. The number of aromatic nitrogens is 5. The van der Waals surface area contributed by atoms with Gasteiger partial charge in [-0.25, -0.2) is 4.98 Å². The molecule has 2 atom stereocenters. The molecule has 0 aliphatic carbocycles. The lowest BCUT2D eigenvalue weighted by Gasteiger charge is -2.47. The number of nitrogen functional groups attached to an aromatic ring is 2. The summed E-state index contributed by atoms with van der Waals surface area (Å²) in [6.07, 6.45) is 2.71. The summed E-state index contributed by atoms with van der Waals surface area (Å²) in [6, 6.07) is 23.0. The highest BCUT2D eigenvalue weighted by molar-refractivity contribution is 5.77. The Morgan fingerprint density at radius 2 is 1.48 bits per heavy atom. The fraction of sp³-hybridized carbons (Fsp3) is 0.316. The van der Waals surface area contributed by atoms with Crippen LogP contribution in [0.1, 0.15) is 27.2 Å². The quantitative estimate of drug-likeness (QED) is 0.216. The maximum Gasteiger partial charge on any atom is 0.220 e. The van der Waals surface area contributed by atoms with Crippen molar-refractivity contribution in [1.29, 1.82) is 0 Å². The van der Waals surface area contributed by atoms with Gasteiger partial charge >= 0.3 is 0 Å². The molecule has 5 N–H and O–H groups in total. The van der Waals surface area contributed by atoms with Gasteiger partial charge in [-0.2, -0.15) is 0 Å². The highest BCUT2D eigenvalue weighted by Gasteiger charge is 2.44. The van der Waals surface area contributed by atoms with Crippen LogP contribution in [0.2, 0.25) is 0 Å². The number of pyridine rings is 1. The van der Waals surface area contributed by atoms with Gasteiger partial charge in [0.25, 0.3) is 0 Å². The lowest BCUT2D eigenvalue weighted by molar-refractivity contribution is -0.134. The number of aromatic hydroxyl groups is 1. The summed E-state index contributed by atoms with van der Waals surface area (Å²) in [6.45, 7) is 9.13. The average Bonchev–Trinajstić information content (AvgIpc) is 3.74. The minimum atomic E-state index is -0.364. The Kier molecular flexibility index (Phi) is 8.16. The second-order valence-electron chi connectivity index (χ2n) is 14.2. The molecular weight excluding hydrogens is 658 g/mol. The van der Waals surface area contributed by atoms with Crippen LogP contribution in [0, 0.1) is 0 Å². The Labute approximate surface area is 301 Å². The van der Waals surface area contributed by atoms with E-state index in [9.17, 15) is 9.90 Å². The largest absolute Gasteiger partial charge is 0.507 e. The first-order valence-corrected chi connectivity index (χ1v) is 17.4. The third-order valence-electron chi connectivity index (χ3n) is 10.4. The second kappa shape index (κ2) is 12.9. The summed E-state index contributed by atoms with van der Waals surface area (Å²) in [5.74, 6) is 3.01. The number of carbonyl (C=O) groups excluding carboxylic acids is 1. The van der Waals surface area contributed by atoms with Gasteiger partial charge in [0.1, 0.15) is 23.1 Å². The molecule has 3 aromatic heterocycles. The van der Waals surface area contributed by atoms with Crippen LogP contribution in [-0.2, 0) is 4.79 Å². The van der Waals surface area contributed by atoms with Gasteiger partial charge in [-0.3, -0.25) is 4.79 Å². The minimum absolute atomic E-state index is 0.0596. The lowest BCUT2D eigenvalue weighted by atomic mass is 9.98. The maximum absolute atomic E-state index is 12.2. The summed E-state index contributed by atoms with van der Waals surface area (Å²) >= 11 is 0. The number of phenolic OH excluding ortho intramolecular Hbond substituents is 1. The molecule has 2 aromatic carbocycles. The third kappa shape index (κ3) is 5.99. The molecule has 14 nitrogen and oxygen atoms in total. The molecule has 3 aliphatic rings. The monoisotopic (exact) mass is 699 g/mol. The van der Waals surface area contributed by atoms with Crippen molar-refractivity contribution in [1.82, 2.24) is 30.3 Å². The van der Waals surface area contributed by atoms with Gasteiger partial charge in [-0.15, -0.1) is 20.4 Å². The molecule has 2 unspecified atom stereocenters. The molecule has 1 amide bonds. The number of phenols is 1. The molecular formula is C38H41N11O3. The highest BCUT2D eigenvalue weighted by atomic mass is 16.5. The van der Waals surface area contributed by atoms with E-state index in [0.29, 0.717) is 59.7 Å². The second-order valence-corrected chi connectivity index (χ2v) is 14.2. The zero-order valence-electron chi connectivity index (χ0n) is 29.3. The van der Waals surface area contributed by atoms with Crippen molar-refractivity contribution in [2.75, 3.05) is 58.9 Å². The van der Waals surface area contributed by atoms with E-state index in [0.717, 1.165) is 42.3 Å². The minimum Gasteiger partial charge on any atom is -0.507 e. The van der Waals surface area contributed by atoms with E-state index in [-0.39, 0.29) is 29.3 Å². The van der Waals surface area contributed by atoms with Crippen LogP contribution in [-0.4, -0.2) is 91.6 Å². The van der Waals surface area contributed by atoms with E-state index in [4.69, 9.17) is 21.2 Å². The van der Waals surface area contributed by atoms with E-state index >= 15 is 0 Å².